The number of amides is 2. The van der Waals surface area contributed by atoms with E-state index in [0.29, 0.717) is 49.0 Å². The van der Waals surface area contributed by atoms with E-state index in [1.165, 1.54) is 10.4 Å². The molecule has 3 rings (SSSR count). The van der Waals surface area contributed by atoms with Gasteiger partial charge in [-0.15, -0.1) is 0 Å². The van der Waals surface area contributed by atoms with Crippen LogP contribution in [0.3, 0.4) is 0 Å². The van der Waals surface area contributed by atoms with Crippen LogP contribution in [0.2, 0.25) is 0 Å². The maximum absolute atomic E-state index is 13.2. The number of morpholine rings is 1. The second-order valence-electron chi connectivity index (χ2n) is 8.33. The molecule has 2 amide bonds. The Hall–Kier alpha value is -2.95. The SMILES string of the molecule is CCc1ccc(C(=O)NNC(=O)c2ccc(OCC(C)C)cc2)cc1S(=O)(=O)N1CCOCC1. The Balaban J connectivity index is 1.68. The smallest absolute Gasteiger partial charge is 0.269 e. The normalized spacial score (nSPS) is 14.6. The van der Waals surface area contributed by atoms with Crippen LogP contribution in [0, 0.1) is 5.92 Å². The third-order valence-electron chi connectivity index (χ3n) is 5.29. The van der Waals surface area contributed by atoms with E-state index in [1.807, 2.05) is 20.8 Å². The first-order valence-electron chi connectivity index (χ1n) is 11.3. The quantitative estimate of drug-likeness (QED) is 0.551. The molecular formula is C24H31N3O6S. The van der Waals surface area contributed by atoms with Gasteiger partial charge in [0.25, 0.3) is 11.8 Å². The predicted octanol–water partition coefficient (Wildman–Crippen LogP) is 2.38. The van der Waals surface area contributed by atoms with Gasteiger partial charge in [-0.2, -0.15) is 4.31 Å². The minimum absolute atomic E-state index is 0.0906. The number of aryl methyl sites for hydroxylation is 1. The van der Waals surface area contributed by atoms with E-state index in [9.17, 15) is 18.0 Å². The van der Waals surface area contributed by atoms with Gasteiger partial charge in [-0.1, -0.05) is 26.8 Å². The highest BCUT2D eigenvalue weighted by atomic mass is 32.2. The molecule has 10 heteroatoms. The summed E-state index contributed by atoms with van der Waals surface area (Å²) in [6.07, 6.45) is 0.494. The van der Waals surface area contributed by atoms with Crippen LogP contribution in [0.1, 0.15) is 47.1 Å². The highest BCUT2D eigenvalue weighted by Gasteiger charge is 2.29. The standard InChI is InChI=1S/C24H31N3O6S/c1-4-18-5-6-20(15-22(18)34(30,31)27-11-13-32-14-12-27)24(29)26-25-23(28)19-7-9-21(10-8-19)33-16-17(2)3/h5-10,15,17H,4,11-14,16H2,1-3H3,(H,25,28)(H,26,29). The van der Waals surface area contributed by atoms with Crippen molar-refractivity contribution in [3.63, 3.8) is 0 Å². The van der Waals surface area contributed by atoms with Gasteiger partial charge < -0.3 is 9.47 Å². The summed E-state index contributed by atoms with van der Waals surface area (Å²) in [7, 11) is -3.78. The van der Waals surface area contributed by atoms with E-state index >= 15 is 0 Å². The van der Waals surface area contributed by atoms with E-state index in [4.69, 9.17) is 9.47 Å². The van der Waals surface area contributed by atoms with Crippen molar-refractivity contribution in [2.75, 3.05) is 32.9 Å². The fourth-order valence-electron chi connectivity index (χ4n) is 3.38. The Morgan fingerprint density at radius 3 is 2.18 bits per heavy atom. The van der Waals surface area contributed by atoms with Crippen molar-refractivity contribution in [1.82, 2.24) is 15.2 Å². The number of benzene rings is 2. The number of ether oxygens (including phenoxy) is 2. The number of hydrogen-bond donors (Lipinski definition) is 2. The molecule has 0 saturated carbocycles. The third kappa shape index (κ3) is 6.34. The van der Waals surface area contributed by atoms with Gasteiger partial charge in [0.15, 0.2) is 0 Å². The Morgan fingerprint density at radius 2 is 1.59 bits per heavy atom. The van der Waals surface area contributed by atoms with Crippen LogP contribution in [0.4, 0.5) is 0 Å². The molecule has 1 aliphatic heterocycles. The van der Waals surface area contributed by atoms with E-state index in [1.54, 1.807) is 36.4 Å². The molecule has 0 spiro atoms. The summed E-state index contributed by atoms with van der Waals surface area (Å²) < 4.78 is 38.5. The molecule has 0 bridgehead atoms. The lowest BCUT2D eigenvalue weighted by Crippen LogP contribution is -2.42. The minimum atomic E-state index is -3.78. The van der Waals surface area contributed by atoms with Crippen molar-refractivity contribution in [2.45, 2.75) is 32.1 Å². The molecule has 1 fully saturated rings. The maximum atomic E-state index is 13.2. The van der Waals surface area contributed by atoms with E-state index in [0.717, 1.165) is 0 Å². The molecule has 1 saturated heterocycles. The molecule has 2 N–H and O–H groups in total. The minimum Gasteiger partial charge on any atom is -0.493 e. The van der Waals surface area contributed by atoms with Gasteiger partial charge in [-0.25, -0.2) is 8.42 Å². The number of rotatable bonds is 8. The average Bonchev–Trinajstić information content (AvgIpc) is 2.86. The maximum Gasteiger partial charge on any atom is 0.269 e. The van der Waals surface area contributed by atoms with Crippen LogP contribution in [0.5, 0.6) is 5.75 Å². The number of nitrogens with zero attached hydrogens (tertiary/aromatic N) is 1. The molecule has 2 aromatic carbocycles. The fourth-order valence-corrected chi connectivity index (χ4v) is 5.10. The molecule has 0 unspecified atom stereocenters. The molecule has 0 radical (unpaired) electrons. The van der Waals surface area contributed by atoms with Crippen LogP contribution in [0.25, 0.3) is 0 Å². The summed E-state index contributed by atoms with van der Waals surface area (Å²) in [4.78, 5) is 25.2. The van der Waals surface area contributed by atoms with Crippen molar-refractivity contribution >= 4 is 21.8 Å². The Kier molecular flexibility index (Phi) is 8.65. The van der Waals surface area contributed by atoms with Gasteiger partial charge >= 0.3 is 0 Å². The van der Waals surface area contributed by atoms with Crippen LogP contribution in [0.15, 0.2) is 47.4 Å². The fraction of sp³-hybridized carbons (Fsp3) is 0.417. The van der Waals surface area contributed by atoms with Crippen molar-refractivity contribution in [3.05, 3.63) is 59.2 Å². The largest absolute Gasteiger partial charge is 0.493 e. The highest BCUT2D eigenvalue weighted by molar-refractivity contribution is 7.89. The van der Waals surface area contributed by atoms with E-state index < -0.39 is 21.8 Å². The summed E-state index contributed by atoms with van der Waals surface area (Å²) in [6, 6.07) is 11.1. The number of hydrogen-bond acceptors (Lipinski definition) is 6. The lowest BCUT2D eigenvalue weighted by atomic mass is 10.1. The Bertz CT molecular complexity index is 1110. The van der Waals surface area contributed by atoms with Crippen LogP contribution in [-0.2, 0) is 21.2 Å². The summed E-state index contributed by atoms with van der Waals surface area (Å²) in [5, 5.41) is 0. The second kappa shape index (κ2) is 11.5. The molecule has 0 aromatic heterocycles. The molecule has 0 aliphatic carbocycles. The Morgan fingerprint density at radius 1 is 1.00 bits per heavy atom. The first-order chi connectivity index (χ1) is 16.2. The van der Waals surface area contributed by atoms with E-state index in [2.05, 4.69) is 10.9 Å². The highest BCUT2D eigenvalue weighted by Crippen LogP contribution is 2.23. The van der Waals surface area contributed by atoms with Gasteiger partial charge in [0, 0.05) is 24.2 Å². The molecule has 2 aromatic rings. The van der Waals surface area contributed by atoms with Crippen molar-refractivity contribution in [2.24, 2.45) is 5.92 Å². The number of sulfonamides is 1. The molecule has 1 heterocycles. The second-order valence-corrected chi connectivity index (χ2v) is 10.2. The summed E-state index contributed by atoms with van der Waals surface area (Å²) in [5.74, 6) is -0.0883. The summed E-state index contributed by atoms with van der Waals surface area (Å²) in [6.45, 7) is 7.70. The zero-order valence-corrected chi connectivity index (χ0v) is 20.5. The van der Waals surface area contributed by atoms with Crippen LogP contribution in [-0.4, -0.2) is 57.4 Å². The topological polar surface area (TPSA) is 114 Å². The predicted molar refractivity (Wildman–Crippen MR) is 127 cm³/mol. The van der Waals surface area contributed by atoms with Crippen LogP contribution < -0.4 is 15.6 Å². The molecule has 0 atom stereocenters. The number of hydrazine groups is 1. The lowest BCUT2D eigenvalue weighted by molar-refractivity contribution is 0.0730. The molecular weight excluding hydrogens is 458 g/mol. The lowest BCUT2D eigenvalue weighted by Gasteiger charge is -2.27. The van der Waals surface area contributed by atoms with Gasteiger partial charge in [0.05, 0.1) is 24.7 Å². The van der Waals surface area contributed by atoms with Crippen molar-refractivity contribution < 1.29 is 27.5 Å². The summed E-state index contributed by atoms with van der Waals surface area (Å²) >= 11 is 0. The number of nitrogens with one attached hydrogen (secondary N) is 2. The van der Waals surface area contributed by atoms with Gasteiger partial charge in [-0.3, -0.25) is 20.4 Å². The zero-order valence-electron chi connectivity index (χ0n) is 19.7. The summed E-state index contributed by atoms with van der Waals surface area (Å²) in [5.41, 5.74) is 5.80. The number of carbonyl (C=O) groups excluding carboxylic acids is 2. The molecule has 184 valence electrons. The zero-order chi connectivity index (χ0) is 24.7. The van der Waals surface area contributed by atoms with Crippen LogP contribution >= 0.6 is 0 Å². The van der Waals surface area contributed by atoms with Crippen molar-refractivity contribution in [3.8, 4) is 5.75 Å². The van der Waals surface area contributed by atoms with Gasteiger partial charge in [-0.05, 0) is 54.3 Å². The van der Waals surface area contributed by atoms with Gasteiger partial charge in [0.1, 0.15) is 5.75 Å². The van der Waals surface area contributed by atoms with E-state index in [-0.39, 0.29) is 23.5 Å². The molecule has 1 aliphatic rings. The van der Waals surface area contributed by atoms with Gasteiger partial charge in [0.2, 0.25) is 10.0 Å². The number of carbonyl (C=O) groups is 2. The Labute approximate surface area is 200 Å². The molecule has 34 heavy (non-hydrogen) atoms. The monoisotopic (exact) mass is 489 g/mol. The average molecular weight is 490 g/mol. The first kappa shape index (κ1) is 25.7. The third-order valence-corrected chi connectivity index (χ3v) is 7.27. The van der Waals surface area contributed by atoms with Crippen molar-refractivity contribution in [1.29, 1.82) is 0 Å². The molecule has 9 nitrogen and oxygen atoms in total. The first-order valence-corrected chi connectivity index (χ1v) is 12.7.